The Morgan fingerprint density at radius 2 is 1.32 bits per heavy atom. The molecule has 0 aromatic heterocycles. The summed E-state index contributed by atoms with van der Waals surface area (Å²) in [5, 5.41) is -2.16. The molecule has 0 fully saturated rings. The molecule has 0 aromatic rings. The van der Waals surface area contributed by atoms with Gasteiger partial charge in [-0.25, -0.2) is 4.79 Å². The summed E-state index contributed by atoms with van der Waals surface area (Å²) in [6.07, 6.45) is -13.5. The molecule has 0 saturated carbocycles. The van der Waals surface area contributed by atoms with Gasteiger partial charge >= 0.3 is 34.0 Å². The Balaban J connectivity index is 5.57. The normalized spacial score (nSPS) is 14.0. The predicted molar refractivity (Wildman–Crippen MR) is 38.0 cm³/mol. The summed E-state index contributed by atoms with van der Waals surface area (Å²) in [6.45, 7) is 0. The van der Waals surface area contributed by atoms with Crippen LogP contribution in [0.25, 0.3) is 0 Å². The van der Waals surface area contributed by atoms with Crippen molar-refractivity contribution in [1.82, 2.24) is 0 Å². The van der Waals surface area contributed by atoms with E-state index in [-0.39, 0.29) is 5.94 Å². The Kier molecular flexibility index (Phi) is 4.71. The van der Waals surface area contributed by atoms with Gasteiger partial charge in [-0.15, -0.1) is 0 Å². The largest absolute Gasteiger partial charge is 0.471 e. The van der Waals surface area contributed by atoms with Crippen molar-refractivity contribution < 1.29 is 53.2 Å². The molecule has 0 aromatic carbocycles. The third kappa shape index (κ3) is 3.02. The molecule has 0 spiro atoms. The van der Waals surface area contributed by atoms with Gasteiger partial charge in [0.15, 0.2) is 5.94 Å². The second kappa shape index (κ2) is 5.04. The van der Waals surface area contributed by atoms with Gasteiger partial charge < -0.3 is 8.84 Å². The van der Waals surface area contributed by atoms with E-state index in [1.807, 2.05) is 0 Å². The van der Waals surface area contributed by atoms with Gasteiger partial charge in [-0.2, -0.15) is 39.5 Å². The number of halogens is 10. The molecule has 0 N–H and O–H groups in total. The van der Waals surface area contributed by atoms with Gasteiger partial charge in [0.25, 0.3) is 0 Å². The minimum Gasteiger partial charge on any atom is -0.423 e. The molecular formula is C6F10O2Si. The van der Waals surface area contributed by atoms with Crippen LogP contribution in [-0.4, -0.2) is 39.9 Å². The Morgan fingerprint density at radius 3 is 1.58 bits per heavy atom. The average molecular weight is 322 g/mol. The number of hydrogen-bond donors (Lipinski definition) is 0. The first-order valence-electron chi connectivity index (χ1n) is 3.75. The van der Waals surface area contributed by atoms with Crippen molar-refractivity contribution in [3.63, 3.8) is 0 Å². The maximum absolute atomic E-state index is 12.5. The van der Waals surface area contributed by atoms with Gasteiger partial charge in [0.2, 0.25) is 5.38 Å². The molecule has 0 aliphatic rings. The van der Waals surface area contributed by atoms with Gasteiger partial charge in [0.05, 0.1) is 0 Å². The highest BCUT2D eigenvalue weighted by Crippen LogP contribution is 2.53. The molecule has 0 heterocycles. The van der Waals surface area contributed by atoms with Gasteiger partial charge in [-0.1, -0.05) is 0 Å². The van der Waals surface area contributed by atoms with Crippen molar-refractivity contribution in [2.75, 3.05) is 0 Å². The van der Waals surface area contributed by atoms with Gasteiger partial charge in [0, 0.05) is 0 Å². The molecule has 0 rings (SSSR count). The molecule has 0 unspecified atom stereocenters. The zero-order valence-corrected chi connectivity index (χ0v) is 9.10. The standard InChI is InChI=1S/C6F10O2Si/c7-3(8,5(11,12)13)4(9,10)6(14,15)18-2(1-17)19-16. The van der Waals surface area contributed by atoms with E-state index in [4.69, 9.17) is 0 Å². The van der Waals surface area contributed by atoms with Crippen molar-refractivity contribution in [3.05, 3.63) is 5.38 Å². The summed E-state index contributed by atoms with van der Waals surface area (Å²) in [5.41, 5.74) is 0. The van der Waals surface area contributed by atoms with Crippen molar-refractivity contribution >= 4 is 15.8 Å². The summed E-state index contributed by atoms with van der Waals surface area (Å²) in [7, 11) is -2.50. The highest BCUT2D eigenvalue weighted by Gasteiger charge is 2.83. The average Bonchev–Trinajstić information content (AvgIpc) is 2.23. The van der Waals surface area contributed by atoms with Crippen LogP contribution < -0.4 is 0 Å². The topological polar surface area (TPSA) is 26.3 Å². The number of alkyl halides is 9. The zero-order valence-electron chi connectivity index (χ0n) is 8.10. The molecule has 0 saturated heterocycles. The molecule has 2 nitrogen and oxygen atoms in total. The fourth-order valence-corrected chi connectivity index (χ4v) is 0.818. The molecule has 0 atom stereocenters. The maximum Gasteiger partial charge on any atom is 0.471 e. The van der Waals surface area contributed by atoms with Crippen LogP contribution in [0.1, 0.15) is 0 Å². The van der Waals surface area contributed by atoms with Crippen molar-refractivity contribution in [3.8, 4) is 0 Å². The predicted octanol–water partition coefficient (Wildman–Crippen LogP) is 2.69. The first kappa shape index (κ1) is 17.8. The number of rotatable bonds is 5. The van der Waals surface area contributed by atoms with E-state index in [1.54, 1.807) is 0 Å². The molecule has 0 amide bonds. The van der Waals surface area contributed by atoms with Crippen LogP contribution in [0.2, 0.25) is 0 Å². The summed E-state index contributed by atoms with van der Waals surface area (Å²) < 4.78 is 124. The monoisotopic (exact) mass is 322 g/mol. The van der Waals surface area contributed by atoms with E-state index in [1.165, 1.54) is 0 Å². The molecule has 13 heteroatoms. The molecule has 0 aliphatic carbocycles. The van der Waals surface area contributed by atoms with Crippen LogP contribution in [0.15, 0.2) is 5.38 Å². The lowest BCUT2D eigenvalue weighted by atomic mass is 10.1. The first-order chi connectivity index (χ1) is 8.24. The lowest BCUT2D eigenvalue weighted by molar-refractivity contribution is -0.436. The summed E-state index contributed by atoms with van der Waals surface area (Å²) >= 11 is 0. The van der Waals surface area contributed by atoms with Crippen LogP contribution in [0, 0.1) is 0 Å². The summed E-state index contributed by atoms with van der Waals surface area (Å²) in [4.78, 5) is 9.68. The van der Waals surface area contributed by atoms with Crippen molar-refractivity contribution in [1.29, 1.82) is 0 Å². The minimum absolute atomic E-state index is 0.212. The zero-order chi connectivity index (χ0) is 15.7. The van der Waals surface area contributed by atoms with Gasteiger partial charge in [0.1, 0.15) is 0 Å². The SMILES string of the molecule is O=C=C(OC(F)(F)C(F)(F)C(F)(F)C(F)(F)F)[Si]F. The van der Waals surface area contributed by atoms with Crippen LogP contribution in [0.5, 0.6) is 0 Å². The molecular weight excluding hydrogens is 322 g/mol. The van der Waals surface area contributed by atoms with E-state index in [9.17, 15) is 48.4 Å². The van der Waals surface area contributed by atoms with Crippen LogP contribution in [0.3, 0.4) is 0 Å². The lowest BCUT2D eigenvalue weighted by Crippen LogP contribution is -2.61. The Labute approximate surface area is 99.6 Å². The Morgan fingerprint density at radius 1 is 0.895 bits per heavy atom. The van der Waals surface area contributed by atoms with Crippen molar-refractivity contribution in [2.24, 2.45) is 0 Å². The number of hydrogen-bond acceptors (Lipinski definition) is 2. The van der Waals surface area contributed by atoms with Crippen molar-refractivity contribution in [2.45, 2.75) is 24.1 Å². The van der Waals surface area contributed by atoms with Crippen LogP contribution in [0.4, 0.5) is 43.6 Å². The molecule has 19 heavy (non-hydrogen) atoms. The third-order valence-corrected chi connectivity index (χ3v) is 1.90. The summed E-state index contributed by atoms with van der Waals surface area (Å²) in [5.74, 6) is -14.0. The van der Waals surface area contributed by atoms with Crippen LogP contribution in [-0.2, 0) is 9.53 Å². The first-order valence-corrected chi connectivity index (χ1v) is 4.63. The van der Waals surface area contributed by atoms with E-state index in [0.29, 0.717) is 0 Å². The minimum atomic E-state index is -7.17. The Hall–Kier alpha value is -1.23. The number of carbonyl (C=O) groups excluding carboxylic acids is 1. The fourth-order valence-electron chi connectivity index (χ4n) is 0.612. The quantitative estimate of drug-likeness (QED) is 0.256. The number of ether oxygens (including phenoxy) is 1. The van der Waals surface area contributed by atoms with Gasteiger partial charge in [-0.3, -0.25) is 0 Å². The Bertz CT molecular complexity index is 382. The molecule has 0 aliphatic heterocycles. The highest BCUT2D eigenvalue weighted by molar-refractivity contribution is 6.38. The van der Waals surface area contributed by atoms with E-state index in [2.05, 4.69) is 4.74 Å². The third-order valence-electron chi connectivity index (χ3n) is 1.52. The second-order valence-corrected chi connectivity index (χ2v) is 3.43. The van der Waals surface area contributed by atoms with Gasteiger partial charge in [-0.05, 0) is 0 Å². The fraction of sp³-hybridized carbons (Fsp3) is 0.667. The van der Waals surface area contributed by atoms with E-state index in [0.717, 1.165) is 0 Å². The maximum atomic E-state index is 12.5. The second-order valence-electron chi connectivity index (χ2n) is 2.79. The highest BCUT2D eigenvalue weighted by atomic mass is 28.3. The van der Waals surface area contributed by atoms with E-state index < -0.39 is 39.4 Å². The molecule has 2 radical (unpaired) electrons. The molecule has 110 valence electrons. The summed E-state index contributed by atoms with van der Waals surface area (Å²) in [6, 6.07) is 0. The van der Waals surface area contributed by atoms with E-state index >= 15 is 0 Å². The molecule has 0 bridgehead atoms. The smallest absolute Gasteiger partial charge is 0.423 e. The van der Waals surface area contributed by atoms with Crippen LogP contribution >= 0.6 is 0 Å². The lowest BCUT2D eigenvalue weighted by Gasteiger charge is -2.32.